The van der Waals surface area contributed by atoms with E-state index in [2.05, 4.69) is 5.32 Å². The van der Waals surface area contributed by atoms with E-state index in [1.807, 2.05) is 6.07 Å². The fourth-order valence-corrected chi connectivity index (χ4v) is 5.83. The Morgan fingerprint density at radius 1 is 1.04 bits per heavy atom. The summed E-state index contributed by atoms with van der Waals surface area (Å²) in [5.41, 5.74) is 1.01. The third-order valence-electron chi connectivity index (χ3n) is 4.40. The van der Waals surface area contributed by atoms with Crippen molar-refractivity contribution in [2.75, 3.05) is 13.3 Å². The lowest BCUT2D eigenvalue weighted by Crippen LogP contribution is -2.31. The molecule has 144 valence electrons. The van der Waals surface area contributed by atoms with Gasteiger partial charge < -0.3 is 14.8 Å². The van der Waals surface area contributed by atoms with Crippen molar-refractivity contribution in [3.63, 3.8) is 0 Å². The van der Waals surface area contributed by atoms with Crippen LogP contribution in [-0.4, -0.2) is 27.7 Å². The van der Waals surface area contributed by atoms with Crippen LogP contribution in [0.3, 0.4) is 0 Å². The van der Waals surface area contributed by atoms with Crippen molar-refractivity contribution >= 4 is 27.1 Å². The Hall–Kier alpha value is -2.84. The highest BCUT2D eigenvalue weighted by Crippen LogP contribution is 2.33. The number of carbonyl (C=O) groups is 1. The number of hydrogen-bond donors (Lipinski definition) is 1. The van der Waals surface area contributed by atoms with Gasteiger partial charge in [-0.25, -0.2) is 8.42 Å². The Kier molecular flexibility index (Phi) is 5.06. The van der Waals surface area contributed by atoms with Gasteiger partial charge in [0, 0.05) is 12.1 Å². The van der Waals surface area contributed by atoms with Gasteiger partial charge in [-0.2, -0.15) is 0 Å². The van der Waals surface area contributed by atoms with E-state index in [1.165, 1.54) is 11.3 Å². The number of carbonyl (C=O) groups excluding carboxylic acids is 1. The van der Waals surface area contributed by atoms with Gasteiger partial charge >= 0.3 is 0 Å². The number of benzene rings is 2. The van der Waals surface area contributed by atoms with Gasteiger partial charge in [0.05, 0.1) is 0 Å². The van der Waals surface area contributed by atoms with Gasteiger partial charge in [0.2, 0.25) is 6.79 Å². The number of ether oxygens (including phenoxy) is 2. The first-order valence-corrected chi connectivity index (χ1v) is 11.0. The van der Waals surface area contributed by atoms with Crippen molar-refractivity contribution in [1.29, 1.82) is 0 Å². The van der Waals surface area contributed by atoms with Gasteiger partial charge in [-0.05, 0) is 35.2 Å². The van der Waals surface area contributed by atoms with Crippen molar-refractivity contribution in [3.05, 3.63) is 77.2 Å². The zero-order valence-corrected chi connectivity index (χ0v) is 16.3. The van der Waals surface area contributed by atoms with E-state index < -0.39 is 15.1 Å². The second kappa shape index (κ2) is 7.65. The van der Waals surface area contributed by atoms with Gasteiger partial charge in [-0.3, -0.25) is 4.79 Å². The summed E-state index contributed by atoms with van der Waals surface area (Å²) in [6.07, 6.45) is 0. The normalized spacial score (nSPS) is 13.9. The average molecular weight is 415 g/mol. The second-order valence-electron chi connectivity index (χ2n) is 6.15. The van der Waals surface area contributed by atoms with Gasteiger partial charge in [0.1, 0.15) is 9.46 Å². The van der Waals surface area contributed by atoms with Crippen LogP contribution < -0.4 is 14.8 Å². The summed E-state index contributed by atoms with van der Waals surface area (Å²) >= 11 is 1.17. The summed E-state index contributed by atoms with van der Waals surface area (Å²) in [7, 11) is -3.64. The molecule has 0 saturated heterocycles. The first-order chi connectivity index (χ1) is 13.6. The van der Waals surface area contributed by atoms with E-state index in [-0.39, 0.29) is 23.5 Å². The lowest BCUT2D eigenvalue weighted by Gasteiger charge is -2.18. The van der Waals surface area contributed by atoms with Gasteiger partial charge in [-0.1, -0.05) is 36.4 Å². The molecule has 0 bridgehead atoms. The van der Waals surface area contributed by atoms with Crippen molar-refractivity contribution < 1.29 is 22.7 Å². The quantitative estimate of drug-likeness (QED) is 0.667. The summed E-state index contributed by atoms with van der Waals surface area (Å²) in [4.78, 5) is 12.6. The first-order valence-electron chi connectivity index (χ1n) is 8.56. The number of fused-ring (bicyclic) bond motifs is 1. The lowest BCUT2D eigenvalue weighted by molar-refractivity contribution is 0.0953. The maximum absolute atomic E-state index is 13.1. The summed E-state index contributed by atoms with van der Waals surface area (Å²) in [6, 6.07) is 17.0. The molecule has 4 rings (SSSR count). The molecular formula is C20H17NO5S2. The number of rotatable bonds is 6. The Labute approximate surface area is 166 Å². The molecule has 0 spiro atoms. The van der Waals surface area contributed by atoms with Crippen LogP contribution in [-0.2, 0) is 9.84 Å². The van der Waals surface area contributed by atoms with Crippen LogP contribution in [0.25, 0.3) is 0 Å². The topological polar surface area (TPSA) is 81.7 Å². The van der Waals surface area contributed by atoms with E-state index in [1.54, 1.807) is 60.0 Å². The van der Waals surface area contributed by atoms with Crippen LogP contribution in [0.5, 0.6) is 11.5 Å². The molecule has 6 nitrogen and oxygen atoms in total. The molecule has 0 aliphatic carbocycles. The highest BCUT2D eigenvalue weighted by molar-refractivity contribution is 7.93. The molecule has 1 N–H and O–H groups in total. The molecule has 0 radical (unpaired) electrons. The zero-order valence-electron chi connectivity index (χ0n) is 14.7. The molecule has 2 aromatic carbocycles. The third kappa shape index (κ3) is 3.61. The minimum Gasteiger partial charge on any atom is -0.454 e. The summed E-state index contributed by atoms with van der Waals surface area (Å²) in [5.74, 6) is 0.707. The SMILES string of the molecule is O=C(NC[C@H](c1ccccc1)S(=O)(=O)c1cccs1)c1ccc2c(c1)OCO2. The maximum atomic E-state index is 13.1. The molecule has 1 aliphatic rings. The first kappa shape index (κ1) is 18.5. The average Bonchev–Trinajstić information content (AvgIpc) is 3.40. The largest absolute Gasteiger partial charge is 0.454 e. The predicted molar refractivity (Wildman–Crippen MR) is 106 cm³/mol. The molecule has 28 heavy (non-hydrogen) atoms. The molecule has 0 unspecified atom stereocenters. The number of amides is 1. The summed E-state index contributed by atoms with van der Waals surface area (Å²) in [6.45, 7) is 0.0765. The molecule has 0 fully saturated rings. The van der Waals surface area contributed by atoms with Gasteiger partial charge in [0.15, 0.2) is 21.3 Å². The Morgan fingerprint density at radius 2 is 1.82 bits per heavy atom. The fraction of sp³-hybridized carbons (Fsp3) is 0.150. The van der Waals surface area contributed by atoms with Crippen LogP contribution in [0.2, 0.25) is 0 Å². The second-order valence-corrected chi connectivity index (χ2v) is 9.46. The predicted octanol–water partition coefficient (Wildman–Crippen LogP) is 3.42. The van der Waals surface area contributed by atoms with E-state index in [4.69, 9.17) is 9.47 Å². The zero-order chi connectivity index (χ0) is 19.6. The minimum absolute atomic E-state index is 0.0441. The van der Waals surface area contributed by atoms with Crippen molar-refractivity contribution in [1.82, 2.24) is 5.32 Å². The highest BCUT2D eigenvalue weighted by Gasteiger charge is 2.30. The number of hydrogen-bond acceptors (Lipinski definition) is 6. The molecule has 3 aromatic rings. The van der Waals surface area contributed by atoms with E-state index in [0.717, 1.165) is 0 Å². The highest BCUT2D eigenvalue weighted by atomic mass is 32.2. The molecule has 0 saturated carbocycles. The molecule has 1 atom stereocenters. The van der Waals surface area contributed by atoms with Crippen LogP contribution >= 0.6 is 11.3 Å². The van der Waals surface area contributed by atoms with E-state index >= 15 is 0 Å². The number of thiophene rings is 1. The Morgan fingerprint density at radius 3 is 2.57 bits per heavy atom. The summed E-state index contributed by atoms with van der Waals surface area (Å²) in [5, 5.41) is 3.59. The van der Waals surface area contributed by atoms with E-state index in [0.29, 0.717) is 22.6 Å². The van der Waals surface area contributed by atoms with Crippen molar-refractivity contribution in [2.24, 2.45) is 0 Å². The molecular weight excluding hydrogens is 398 g/mol. The molecule has 2 heterocycles. The smallest absolute Gasteiger partial charge is 0.251 e. The van der Waals surface area contributed by atoms with Crippen LogP contribution in [0.1, 0.15) is 21.2 Å². The maximum Gasteiger partial charge on any atom is 0.251 e. The molecule has 8 heteroatoms. The molecule has 1 aromatic heterocycles. The molecule has 1 aliphatic heterocycles. The number of sulfone groups is 1. The summed E-state index contributed by atoms with van der Waals surface area (Å²) < 4.78 is 37.0. The lowest BCUT2D eigenvalue weighted by atomic mass is 10.1. The molecule has 1 amide bonds. The fourth-order valence-electron chi connectivity index (χ4n) is 2.97. The van der Waals surface area contributed by atoms with Crippen LogP contribution in [0.4, 0.5) is 0 Å². The number of nitrogens with one attached hydrogen (secondary N) is 1. The van der Waals surface area contributed by atoms with Crippen molar-refractivity contribution in [2.45, 2.75) is 9.46 Å². The monoisotopic (exact) mass is 415 g/mol. The third-order valence-corrected chi connectivity index (χ3v) is 7.94. The van der Waals surface area contributed by atoms with Crippen molar-refractivity contribution in [3.8, 4) is 11.5 Å². The van der Waals surface area contributed by atoms with Crippen LogP contribution in [0.15, 0.2) is 70.3 Å². The van der Waals surface area contributed by atoms with Gasteiger partial charge in [0.25, 0.3) is 5.91 Å². The Balaban J connectivity index is 1.57. The minimum atomic E-state index is -3.64. The van der Waals surface area contributed by atoms with E-state index in [9.17, 15) is 13.2 Å². The van der Waals surface area contributed by atoms with Crippen LogP contribution in [0, 0.1) is 0 Å². The standard InChI is InChI=1S/C20H17NO5S2/c22-20(15-8-9-16-17(11-15)26-13-25-16)21-12-18(14-5-2-1-3-6-14)28(23,24)19-7-4-10-27-19/h1-11,18H,12-13H2,(H,21,22)/t18-/m1/s1. The Bertz CT molecular complexity index is 1080. The van der Waals surface area contributed by atoms with Gasteiger partial charge in [-0.15, -0.1) is 11.3 Å².